The van der Waals surface area contributed by atoms with Gasteiger partial charge in [0.15, 0.2) is 11.8 Å². The fourth-order valence-electron chi connectivity index (χ4n) is 2.72. The minimum absolute atomic E-state index is 0.396. The summed E-state index contributed by atoms with van der Waals surface area (Å²) in [6, 6.07) is 8.72. The lowest BCUT2D eigenvalue weighted by Crippen LogP contribution is -2.36. The van der Waals surface area contributed by atoms with E-state index in [0.717, 1.165) is 18.2 Å². The van der Waals surface area contributed by atoms with E-state index in [1.807, 2.05) is 36.2 Å². The Morgan fingerprint density at radius 3 is 2.31 bits per heavy atom. The molecule has 1 aromatic rings. The summed E-state index contributed by atoms with van der Waals surface area (Å²) in [4.78, 5) is 8.35. The van der Waals surface area contributed by atoms with Crippen LogP contribution < -0.4 is 10.2 Å². The van der Waals surface area contributed by atoms with E-state index in [2.05, 4.69) is 42.9 Å². The molecule has 0 aliphatic carbocycles. The van der Waals surface area contributed by atoms with E-state index < -0.39 is 5.92 Å². The Labute approximate surface area is 156 Å². The topological polar surface area (TPSA) is 91.6 Å². The van der Waals surface area contributed by atoms with Crippen LogP contribution in [0.5, 0.6) is 0 Å². The van der Waals surface area contributed by atoms with Crippen molar-refractivity contribution >= 4 is 11.7 Å². The number of nitrogens with zero attached hydrogens (tertiary/aromatic N) is 5. The van der Waals surface area contributed by atoms with E-state index in [4.69, 9.17) is 14.9 Å². The van der Waals surface area contributed by atoms with Crippen LogP contribution in [0, 0.1) is 28.6 Å². The molecule has 0 aromatic carbocycles. The number of likely N-dealkylation sites (N-methyl/N-ethyl adjacent to an activating group) is 1. The van der Waals surface area contributed by atoms with Crippen LogP contribution in [-0.4, -0.2) is 50.0 Å². The Bertz CT molecular complexity index is 642. The summed E-state index contributed by atoms with van der Waals surface area (Å²) in [7, 11) is 3.52. The average molecular weight is 358 g/mol. The van der Waals surface area contributed by atoms with Gasteiger partial charge in [0.05, 0.1) is 18.7 Å². The van der Waals surface area contributed by atoms with Crippen molar-refractivity contribution < 1.29 is 4.42 Å². The molecule has 0 aliphatic rings. The lowest BCUT2D eigenvalue weighted by Gasteiger charge is -2.29. The van der Waals surface area contributed by atoms with Gasteiger partial charge in [-0.25, -0.2) is 0 Å². The predicted octanol–water partition coefficient (Wildman–Crippen LogP) is 2.62. The molecule has 1 rings (SSSR count). The van der Waals surface area contributed by atoms with Crippen molar-refractivity contribution in [1.82, 2.24) is 10.2 Å². The van der Waals surface area contributed by atoms with Crippen molar-refractivity contribution in [1.29, 1.82) is 10.5 Å². The average Bonchev–Trinajstić information content (AvgIpc) is 3.07. The van der Waals surface area contributed by atoms with Crippen molar-refractivity contribution in [2.75, 3.05) is 32.1 Å². The van der Waals surface area contributed by atoms with Gasteiger partial charge in [-0.1, -0.05) is 0 Å². The maximum atomic E-state index is 8.94. The van der Waals surface area contributed by atoms with E-state index >= 15 is 0 Å². The fraction of sp³-hybridized carbons (Fsp3) is 0.632. The van der Waals surface area contributed by atoms with Crippen molar-refractivity contribution in [3.63, 3.8) is 0 Å². The van der Waals surface area contributed by atoms with Crippen molar-refractivity contribution in [2.45, 2.75) is 46.3 Å². The Hall–Kier alpha value is -2.51. The minimum atomic E-state index is -0.862. The first-order valence-corrected chi connectivity index (χ1v) is 8.89. The molecule has 1 N–H and O–H groups in total. The molecule has 0 fully saturated rings. The maximum Gasteiger partial charge on any atom is 0.195 e. The number of nitriles is 2. The number of hydrogen-bond acceptors (Lipinski definition) is 6. The molecule has 0 spiro atoms. The maximum absolute atomic E-state index is 8.94. The predicted molar refractivity (Wildman–Crippen MR) is 104 cm³/mol. The van der Waals surface area contributed by atoms with E-state index in [-0.39, 0.29) is 0 Å². The number of furan rings is 1. The van der Waals surface area contributed by atoms with Gasteiger partial charge < -0.3 is 14.6 Å². The second-order valence-electron chi connectivity index (χ2n) is 6.75. The van der Waals surface area contributed by atoms with Gasteiger partial charge in [0.25, 0.3) is 0 Å². The Morgan fingerprint density at radius 1 is 1.19 bits per heavy atom. The first-order valence-electron chi connectivity index (χ1n) is 8.89. The van der Waals surface area contributed by atoms with Gasteiger partial charge in [-0.05, 0) is 33.8 Å². The van der Waals surface area contributed by atoms with E-state index in [1.165, 1.54) is 0 Å². The minimum Gasteiger partial charge on any atom is -0.444 e. The van der Waals surface area contributed by atoms with Crippen molar-refractivity contribution in [3.8, 4) is 12.1 Å². The molecule has 0 aliphatic heterocycles. The highest BCUT2D eigenvalue weighted by molar-refractivity contribution is 5.88. The van der Waals surface area contributed by atoms with Gasteiger partial charge in [-0.2, -0.15) is 10.5 Å². The molecule has 0 saturated carbocycles. The van der Waals surface area contributed by atoms with Crippen LogP contribution in [0.4, 0.5) is 5.88 Å². The van der Waals surface area contributed by atoms with Gasteiger partial charge in [0.2, 0.25) is 0 Å². The van der Waals surface area contributed by atoms with Crippen molar-refractivity contribution in [3.05, 3.63) is 17.9 Å². The summed E-state index contributed by atoms with van der Waals surface area (Å²) in [5.41, 5.74) is 0. The molecule has 0 amide bonds. The highest BCUT2D eigenvalue weighted by Gasteiger charge is 2.17. The first kappa shape index (κ1) is 21.5. The van der Waals surface area contributed by atoms with Gasteiger partial charge in [-0.15, -0.1) is 0 Å². The molecule has 1 aromatic heterocycles. The number of hydrogen-bond donors (Lipinski definition) is 1. The second kappa shape index (κ2) is 10.5. The first-order chi connectivity index (χ1) is 12.3. The molecule has 7 heteroatoms. The molecular formula is C19H30N6O. The zero-order chi connectivity index (χ0) is 19.7. The quantitative estimate of drug-likeness (QED) is 0.539. The zero-order valence-corrected chi connectivity index (χ0v) is 16.7. The molecule has 0 bridgehead atoms. The number of nitrogens with one attached hydrogen (secondary N) is 1. The summed E-state index contributed by atoms with van der Waals surface area (Å²) in [6.45, 7) is 10.7. The van der Waals surface area contributed by atoms with Crippen LogP contribution in [0.1, 0.15) is 33.5 Å². The molecular weight excluding hydrogens is 328 g/mol. The highest BCUT2D eigenvalue weighted by atomic mass is 16.4. The molecule has 0 radical (unpaired) electrons. The number of anilines is 1. The largest absolute Gasteiger partial charge is 0.444 e. The van der Waals surface area contributed by atoms with E-state index in [1.54, 1.807) is 7.05 Å². The molecule has 0 unspecified atom stereocenters. The van der Waals surface area contributed by atoms with Crippen LogP contribution in [0.2, 0.25) is 0 Å². The summed E-state index contributed by atoms with van der Waals surface area (Å²) >= 11 is 0. The molecule has 7 nitrogen and oxygen atoms in total. The third-order valence-corrected chi connectivity index (χ3v) is 4.21. The van der Waals surface area contributed by atoms with E-state index in [9.17, 15) is 0 Å². The summed E-state index contributed by atoms with van der Waals surface area (Å²) in [6.07, 6.45) is 0. The molecule has 142 valence electrons. The van der Waals surface area contributed by atoms with Crippen molar-refractivity contribution in [2.24, 2.45) is 10.9 Å². The van der Waals surface area contributed by atoms with Gasteiger partial charge in [-0.3, -0.25) is 9.89 Å². The van der Waals surface area contributed by atoms with Crippen LogP contribution in [0.25, 0.3) is 0 Å². The Balaban J connectivity index is 2.59. The molecule has 0 atom stereocenters. The number of aliphatic imine (C=N–C) groups is 1. The normalized spacial score (nSPS) is 11.9. The smallest absolute Gasteiger partial charge is 0.195 e. The summed E-state index contributed by atoms with van der Waals surface area (Å²) in [5.74, 6) is 1.26. The van der Waals surface area contributed by atoms with Crippen LogP contribution in [-0.2, 0) is 6.54 Å². The van der Waals surface area contributed by atoms with Crippen LogP contribution in [0.3, 0.4) is 0 Å². The second-order valence-corrected chi connectivity index (χ2v) is 6.75. The molecule has 0 saturated heterocycles. The Kier molecular flexibility index (Phi) is 8.67. The Morgan fingerprint density at radius 2 is 1.81 bits per heavy atom. The molecule has 26 heavy (non-hydrogen) atoms. The lowest BCUT2D eigenvalue weighted by atomic mass is 10.2. The number of rotatable bonds is 9. The summed E-state index contributed by atoms with van der Waals surface area (Å²) in [5, 5.41) is 20.9. The third kappa shape index (κ3) is 6.09. The molecule has 1 heterocycles. The number of amidine groups is 1. The SMILES string of the molecule is CN=C(NCCN(C)c1ccc(CN(C(C)C)C(C)C)o1)C(C#N)C#N. The summed E-state index contributed by atoms with van der Waals surface area (Å²) < 4.78 is 5.97. The zero-order valence-electron chi connectivity index (χ0n) is 16.7. The van der Waals surface area contributed by atoms with Crippen LogP contribution >= 0.6 is 0 Å². The van der Waals surface area contributed by atoms with E-state index in [0.29, 0.717) is 31.0 Å². The fourth-order valence-corrected chi connectivity index (χ4v) is 2.72. The monoisotopic (exact) mass is 358 g/mol. The van der Waals surface area contributed by atoms with Crippen LogP contribution in [0.15, 0.2) is 21.5 Å². The highest BCUT2D eigenvalue weighted by Crippen LogP contribution is 2.20. The van der Waals surface area contributed by atoms with Gasteiger partial charge in [0, 0.05) is 45.3 Å². The lowest BCUT2D eigenvalue weighted by molar-refractivity contribution is 0.153. The van der Waals surface area contributed by atoms with Gasteiger partial charge >= 0.3 is 0 Å². The standard InChI is InChI=1S/C19H30N6O/c1-14(2)25(15(3)4)13-17-7-8-18(26-17)24(6)10-9-23-19(22-5)16(11-20)12-21/h7-8,14-16H,9-10,13H2,1-6H3,(H,22,23). The van der Waals surface area contributed by atoms with Gasteiger partial charge in [0.1, 0.15) is 11.6 Å². The third-order valence-electron chi connectivity index (χ3n) is 4.21.